The predicted octanol–water partition coefficient (Wildman–Crippen LogP) is 15.0. The average Bonchev–Trinajstić information content (AvgIpc) is 1.56. The molecule has 1 atom stereocenters. The third-order valence-corrected chi connectivity index (χ3v) is 18.0. The van der Waals surface area contributed by atoms with Gasteiger partial charge in [-0.1, -0.05) is 149 Å². The number of amides is 2. The fourth-order valence-electron chi connectivity index (χ4n) is 10.4. The lowest BCUT2D eigenvalue weighted by atomic mass is 9.98. The number of hydrogen-bond donors (Lipinski definition) is 0. The molecule has 0 aliphatic heterocycles. The summed E-state index contributed by atoms with van der Waals surface area (Å²) in [4.78, 5) is 70.4. The first kappa shape index (κ1) is 53.2. The number of aromatic nitrogens is 4. The van der Waals surface area contributed by atoms with E-state index in [0.29, 0.717) is 83.6 Å². The first-order chi connectivity index (χ1) is 52.2. The van der Waals surface area contributed by atoms with Crippen molar-refractivity contribution < 1.29 is 66.6 Å². The lowest BCUT2D eigenvalue weighted by Crippen LogP contribution is -2.40. The van der Waals surface area contributed by atoms with Crippen LogP contribution in [-0.4, -0.2) is 103 Å². The minimum atomic E-state index is -5.23. The van der Waals surface area contributed by atoms with Crippen molar-refractivity contribution in [2.45, 2.75) is 134 Å². The van der Waals surface area contributed by atoms with E-state index in [9.17, 15) is 59.8 Å². The molecular weight excluding hydrogens is 1280 g/mol. The van der Waals surface area contributed by atoms with E-state index in [1.54, 1.807) is 24.3 Å². The van der Waals surface area contributed by atoms with Gasteiger partial charge in [0.25, 0.3) is 11.1 Å². The Morgan fingerprint density at radius 2 is 1.03 bits per heavy atom. The summed E-state index contributed by atoms with van der Waals surface area (Å²) in [6.07, 6.45) is -14.5. The topological polar surface area (TPSA) is 117 Å². The van der Waals surface area contributed by atoms with Crippen molar-refractivity contribution >= 4 is 35.3 Å². The van der Waals surface area contributed by atoms with Gasteiger partial charge in [-0.2, -0.15) is 36.3 Å². The molecule has 0 fully saturated rings. The number of nitrogens with zero attached hydrogens (tertiary/aromatic N) is 8. The third-order valence-electron chi connectivity index (χ3n) is 16.0. The number of likely N-dealkylation sites (N-methyl/N-ethyl adjacent to an activating group) is 2. The maximum absolute atomic E-state index is 14.7. The number of carbonyl (C=O) groups excluding carboxylic acids is 2. The molecule has 0 spiro atoms. The van der Waals surface area contributed by atoms with E-state index >= 15 is 0 Å². The molecule has 22 heteroatoms. The standard InChI is InChI=1S/2C37H40F4N4O2S/c1-4-43(5-2)18-19-44(22-26-6-10-28(11-7-26)29-12-14-30(15-13-29)37(39,40)41)34(46)23-45-33-21-25(3)20-32(33)35(47)42-36(45)48-24-27-8-16-31(38)17-9-27;1-4-43(5-2)19-20-44(22-29-12-11-28(21-25(29)3)27-13-15-30(16-14-27)37(39,40)41)34(46)23-45-33-8-6-7-32(33)35(47)42-36(45)48-24-26-9-17-31(38)18-10-26/h6-17,25H,4-5,18-24H2,1-3H3;9-18,21H,4-8,19-20,22-24H2,1-3H3/i20D2,21D2,23D2,25D;11D,12D,13D,14D,15D,16D,21D,23D2. The van der Waals surface area contributed by atoms with Gasteiger partial charge in [-0.15, -0.1) is 0 Å². The lowest BCUT2D eigenvalue weighted by Gasteiger charge is -2.28. The summed E-state index contributed by atoms with van der Waals surface area (Å²) < 4.78 is 250. The van der Waals surface area contributed by atoms with Crippen molar-refractivity contribution in [3.05, 3.63) is 233 Å². The van der Waals surface area contributed by atoms with Crippen molar-refractivity contribution in [1.82, 2.24) is 38.7 Å². The molecule has 2 aliphatic carbocycles. The molecule has 0 radical (unpaired) electrons. The number of rotatable bonds is 26. The van der Waals surface area contributed by atoms with Crippen molar-refractivity contribution in [3.8, 4) is 22.3 Å². The van der Waals surface area contributed by atoms with E-state index in [1.165, 1.54) is 72.5 Å². The summed E-state index contributed by atoms with van der Waals surface area (Å²) in [6.45, 7) is 6.09. The fourth-order valence-corrected chi connectivity index (χ4v) is 12.2. The van der Waals surface area contributed by atoms with Gasteiger partial charge in [-0.05, 0) is 170 Å². The second kappa shape index (κ2) is 32.9. The van der Waals surface area contributed by atoms with E-state index in [2.05, 4.69) is 9.97 Å². The largest absolute Gasteiger partial charge is 0.416 e. The van der Waals surface area contributed by atoms with Crippen LogP contribution in [0, 0.1) is 24.5 Å². The summed E-state index contributed by atoms with van der Waals surface area (Å²) in [5, 5.41) is -0.513. The monoisotopic (exact) mass is 1380 g/mol. The average molecular weight is 1380 g/mol. The molecule has 0 N–H and O–H groups in total. The highest BCUT2D eigenvalue weighted by atomic mass is 32.2. The zero-order valence-electron chi connectivity index (χ0n) is 69.4. The zero-order valence-corrected chi connectivity index (χ0v) is 55.0. The smallest absolute Gasteiger partial charge is 0.336 e. The summed E-state index contributed by atoms with van der Waals surface area (Å²) in [5.41, 5.74) is -4.06. The van der Waals surface area contributed by atoms with Crippen LogP contribution in [0.1, 0.15) is 124 Å². The van der Waals surface area contributed by atoms with E-state index in [-0.39, 0.29) is 66.0 Å². The highest BCUT2D eigenvalue weighted by molar-refractivity contribution is 7.98. The summed E-state index contributed by atoms with van der Waals surface area (Å²) in [7, 11) is 0. The normalized spacial score (nSPS) is 18.1. The van der Waals surface area contributed by atoms with Crippen molar-refractivity contribution in [3.63, 3.8) is 0 Å². The van der Waals surface area contributed by atoms with Crippen LogP contribution in [0.2, 0.25) is 0 Å². The van der Waals surface area contributed by atoms with Crippen LogP contribution in [0.25, 0.3) is 22.3 Å². The first-order valence-electron chi connectivity index (χ1n) is 38.9. The minimum absolute atomic E-state index is 0.00156. The van der Waals surface area contributed by atoms with Crippen LogP contribution >= 0.6 is 23.5 Å². The molecule has 6 aromatic carbocycles. The second-order valence-electron chi connectivity index (χ2n) is 22.4. The molecule has 8 aromatic rings. The van der Waals surface area contributed by atoms with E-state index in [0.717, 1.165) is 52.0 Å². The molecule has 96 heavy (non-hydrogen) atoms. The van der Waals surface area contributed by atoms with Crippen LogP contribution < -0.4 is 11.1 Å². The number of carbonyl (C=O) groups is 2. The summed E-state index contributed by atoms with van der Waals surface area (Å²) >= 11 is 1.77. The molecule has 2 amide bonds. The van der Waals surface area contributed by atoms with Crippen LogP contribution in [0.4, 0.5) is 35.1 Å². The highest BCUT2D eigenvalue weighted by Crippen LogP contribution is 2.35. The van der Waals surface area contributed by atoms with Crippen LogP contribution in [0.5, 0.6) is 0 Å². The number of alkyl halides is 6. The Bertz CT molecular complexity index is 4900. The molecule has 1 unspecified atom stereocenters. The minimum Gasteiger partial charge on any atom is -0.336 e. The van der Waals surface area contributed by atoms with Gasteiger partial charge in [-0.3, -0.25) is 19.2 Å². The van der Waals surface area contributed by atoms with Crippen molar-refractivity contribution in [2.75, 3.05) is 52.4 Å². The highest BCUT2D eigenvalue weighted by Gasteiger charge is 2.33. The second-order valence-corrected chi connectivity index (χ2v) is 24.3. The molecule has 2 aromatic heterocycles. The SMILES string of the molecule is [2H]C([2H])(C(=O)N(CCN(CC)CC)Cc1ccc(-c2ccc(C(F)(F)F)cc2)cc1)n1c(SCc2ccc(F)cc2)nc(=O)c2c1C([2H])([2H])C([2H])(C)C2([2H])[2H].[2H]c1c([2H])c(-c2c([2H])c([2H])c(C(F)(F)F)c([2H])c2[2H])c([2H])c(C)c1CN(CCN(CC)CC)C(=O)C([2H])([2H])n1c(SCc2ccc(F)cc2)nc(=O)c2c1CCC2. The maximum atomic E-state index is 14.7. The van der Waals surface area contributed by atoms with Gasteiger partial charge in [-0.25, -0.2) is 8.78 Å². The molecule has 10 rings (SSSR count). The van der Waals surface area contributed by atoms with Gasteiger partial charge < -0.3 is 28.7 Å². The summed E-state index contributed by atoms with van der Waals surface area (Å²) in [6, 6.07) is 15.1. The van der Waals surface area contributed by atoms with Crippen LogP contribution in [-0.2, 0) is 85.1 Å². The molecule has 12 nitrogen and oxygen atoms in total. The molecule has 508 valence electrons. The van der Waals surface area contributed by atoms with Crippen molar-refractivity contribution in [1.29, 1.82) is 0 Å². The Labute approximate surface area is 586 Å². The van der Waals surface area contributed by atoms with Gasteiger partial charge in [0.05, 0.1) is 26.2 Å². The van der Waals surface area contributed by atoms with Crippen LogP contribution in [0.15, 0.2) is 159 Å². The first-order valence-corrected chi connectivity index (χ1v) is 32.9. The quantitative estimate of drug-likeness (QED) is 0.0295. The van der Waals surface area contributed by atoms with E-state index in [4.69, 9.17) is 16.4 Å². The van der Waals surface area contributed by atoms with Gasteiger partial charge in [0.2, 0.25) is 11.8 Å². The van der Waals surface area contributed by atoms with Gasteiger partial charge in [0.15, 0.2) is 10.3 Å². The molecule has 0 saturated carbocycles. The Morgan fingerprint density at radius 3 is 1.53 bits per heavy atom. The zero-order chi connectivity index (χ0) is 83.0. The number of fused-ring (bicyclic) bond motifs is 2. The van der Waals surface area contributed by atoms with E-state index in [1.807, 2.05) is 37.5 Å². The molecule has 2 aliphatic rings. The van der Waals surface area contributed by atoms with E-state index < -0.39 is 166 Å². The summed E-state index contributed by atoms with van der Waals surface area (Å²) in [5.74, 6) is -5.69. The van der Waals surface area contributed by atoms with Crippen molar-refractivity contribution in [2.24, 2.45) is 5.89 Å². The molecular formula is C74H80F8N8O4S2. The maximum Gasteiger partial charge on any atom is 0.416 e. The number of thioether (sulfide) groups is 2. The van der Waals surface area contributed by atoms with Gasteiger partial charge >= 0.3 is 12.4 Å². The molecule has 0 bridgehead atoms. The van der Waals surface area contributed by atoms with Gasteiger partial charge in [0.1, 0.15) is 24.6 Å². The number of hydrogen-bond acceptors (Lipinski definition) is 10. The Morgan fingerprint density at radius 1 is 0.573 bits per heavy atom. The number of benzene rings is 6. The number of halogens is 8. The molecule has 0 saturated heterocycles. The molecule has 2 heterocycles. The Kier molecular flexibility index (Phi) is 18.2. The fraction of sp³-hybridized carbons (Fsp3) is 0.378. The Balaban J connectivity index is 0.000000257. The Hall–Kier alpha value is -7.92. The lowest BCUT2D eigenvalue weighted by molar-refractivity contribution is -0.138. The van der Waals surface area contributed by atoms with Gasteiger partial charge in [0, 0.05) is 80.1 Å². The van der Waals surface area contributed by atoms with Crippen LogP contribution in [0.3, 0.4) is 0 Å². The predicted molar refractivity (Wildman–Crippen MR) is 362 cm³/mol. The third kappa shape index (κ3) is 19.0.